The van der Waals surface area contributed by atoms with E-state index in [4.69, 9.17) is 23.2 Å². The minimum Gasteiger partial charge on any atom is -0.469 e. The normalized spacial score (nSPS) is 18.2. The number of carbonyl (C=O) groups is 2. The Kier molecular flexibility index (Phi) is 6.50. The number of aromatic nitrogens is 3. The van der Waals surface area contributed by atoms with Gasteiger partial charge >= 0.3 is 5.97 Å². The molecule has 168 valence electrons. The molecular formula is C21H21Cl2N5O4. The minimum absolute atomic E-state index is 0.0398. The second-order valence-corrected chi connectivity index (χ2v) is 8.12. The highest BCUT2D eigenvalue weighted by Crippen LogP contribution is 2.36. The topological polar surface area (TPSA) is 110 Å². The number of hydrogen-bond acceptors (Lipinski definition) is 7. The van der Waals surface area contributed by atoms with Crippen molar-refractivity contribution in [1.29, 1.82) is 0 Å². The van der Waals surface area contributed by atoms with Crippen LogP contribution in [0, 0.1) is 0 Å². The van der Waals surface area contributed by atoms with Crippen LogP contribution in [-0.2, 0) is 14.3 Å². The van der Waals surface area contributed by atoms with Gasteiger partial charge in [-0.25, -0.2) is 9.97 Å². The number of rotatable bonds is 6. The van der Waals surface area contributed by atoms with Gasteiger partial charge in [0.1, 0.15) is 11.9 Å². The smallest absolute Gasteiger partial charge is 0.307 e. The van der Waals surface area contributed by atoms with Crippen molar-refractivity contribution in [2.45, 2.75) is 25.0 Å². The molecular weight excluding hydrogens is 457 g/mol. The lowest BCUT2D eigenvalue weighted by Gasteiger charge is -2.27. The second-order valence-electron chi connectivity index (χ2n) is 7.34. The number of amides is 1. The van der Waals surface area contributed by atoms with Crippen molar-refractivity contribution in [2.75, 3.05) is 25.1 Å². The number of aliphatic hydroxyl groups is 1. The molecule has 32 heavy (non-hydrogen) atoms. The molecule has 0 radical (unpaired) electrons. The van der Waals surface area contributed by atoms with Crippen LogP contribution in [0.25, 0.3) is 16.6 Å². The lowest BCUT2D eigenvalue weighted by Crippen LogP contribution is -2.49. The molecule has 1 saturated heterocycles. The summed E-state index contributed by atoms with van der Waals surface area (Å²) < 4.78 is 6.40. The summed E-state index contributed by atoms with van der Waals surface area (Å²) in [5.41, 5.74) is 1.24. The van der Waals surface area contributed by atoms with Crippen LogP contribution in [0.1, 0.15) is 12.8 Å². The first kappa shape index (κ1) is 22.3. The van der Waals surface area contributed by atoms with Crippen LogP contribution in [0.2, 0.25) is 10.0 Å². The van der Waals surface area contributed by atoms with Crippen LogP contribution in [0.5, 0.6) is 0 Å². The van der Waals surface area contributed by atoms with Crippen LogP contribution in [0.15, 0.2) is 36.9 Å². The maximum atomic E-state index is 12.9. The number of esters is 1. The van der Waals surface area contributed by atoms with Crippen molar-refractivity contribution in [3.63, 3.8) is 0 Å². The van der Waals surface area contributed by atoms with E-state index in [0.29, 0.717) is 34.3 Å². The monoisotopic (exact) mass is 477 g/mol. The van der Waals surface area contributed by atoms with E-state index in [1.54, 1.807) is 29.7 Å². The van der Waals surface area contributed by atoms with Crippen molar-refractivity contribution in [2.24, 2.45) is 0 Å². The summed E-state index contributed by atoms with van der Waals surface area (Å²) in [5, 5.41) is 14.6. The molecule has 1 aliphatic heterocycles. The number of nitrogens with zero attached hydrogens (tertiary/aromatic N) is 4. The predicted molar refractivity (Wildman–Crippen MR) is 120 cm³/mol. The number of imidazole rings is 1. The number of nitrogens with one attached hydrogen (secondary N) is 1. The van der Waals surface area contributed by atoms with E-state index in [9.17, 15) is 14.7 Å². The van der Waals surface area contributed by atoms with Gasteiger partial charge in [0.25, 0.3) is 0 Å². The van der Waals surface area contributed by atoms with E-state index >= 15 is 0 Å². The lowest BCUT2D eigenvalue weighted by molar-refractivity contribution is -0.140. The van der Waals surface area contributed by atoms with Gasteiger partial charge in [-0.2, -0.15) is 0 Å². The fraction of sp³-hybridized carbons (Fsp3) is 0.333. The maximum absolute atomic E-state index is 12.9. The Morgan fingerprint density at radius 1 is 1.34 bits per heavy atom. The molecule has 11 heteroatoms. The van der Waals surface area contributed by atoms with Gasteiger partial charge in [-0.1, -0.05) is 23.2 Å². The Hall–Kier alpha value is -2.88. The molecule has 3 aromatic rings. The van der Waals surface area contributed by atoms with Crippen molar-refractivity contribution >= 4 is 51.8 Å². The number of anilines is 1. The van der Waals surface area contributed by atoms with E-state index in [2.05, 4.69) is 20.0 Å². The van der Waals surface area contributed by atoms with Crippen molar-refractivity contribution < 1.29 is 19.4 Å². The molecule has 2 aromatic heterocycles. The summed E-state index contributed by atoms with van der Waals surface area (Å²) >= 11 is 12.7. The highest BCUT2D eigenvalue weighted by molar-refractivity contribution is 6.45. The van der Waals surface area contributed by atoms with E-state index in [-0.39, 0.29) is 13.0 Å². The molecule has 0 bridgehead atoms. The second kappa shape index (κ2) is 9.32. The summed E-state index contributed by atoms with van der Waals surface area (Å²) in [7, 11) is 1.28. The summed E-state index contributed by atoms with van der Waals surface area (Å²) in [6.07, 6.45) is 4.63. The number of halogens is 2. The number of aliphatic hydroxyl groups excluding tert-OH is 1. The Labute approximate surface area is 193 Å². The number of pyridine rings is 1. The molecule has 4 rings (SSSR count). The number of methoxy groups -OCH3 is 1. The number of fused-ring (bicyclic) bond motifs is 1. The Balaban J connectivity index is 1.72. The fourth-order valence-electron chi connectivity index (χ4n) is 3.81. The standard InChI is InChI=1S/C21H21Cl2N5O4/c1-32-17(30)4-6-25-21(31)20-15(29)5-8-28(20)16-10-14(27-9-7-24-11-27)12-2-3-13(22)18(23)19(12)26-16/h2-3,7,9-11,15,20,29H,4-6,8H2,1H3,(H,25,31)/t15-,20-/m0/s1. The number of hydrogen-bond donors (Lipinski definition) is 2. The third-order valence-electron chi connectivity index (χ3n) is 5.40. The van der Waals surface area contributed by atoms with Crippen LogP contribution in [0.4, 0.5) is 5.82 Å². The van der Waals surface area contributed by atoms with Gasteiger partial charge in [0.15, 0.2) is 0 Å². The quantitative estimate of drug-likeness (QED) is 0.524. The Bertz CT molecular complexity index is 1150. The molecule has 1 amide bonds. The first-order valence-corrected chi connectivity index (χ1v) is 10.7. The lowest BCUT2D eigenvalue weighted by atomic mass is 10.1. The van der Waals surface area contributed by atoms with Gasteiger partial charge in [-0.05, 0) is 18.6 Å². The third kappa shape index (κ3) is 4.23. The van der Waals surface area contributed by atoms with E-state index in [0.717, 1.165) is 11.1 Å². The van der Waals surface area contributed by atoms with Crippen molar-refractivity contribution in [3.05, 3.63) is 47.0 Å². The molecule has 1 aromatic carbocycles. The fourth-order valence-corrected chi connectivity index (χ4v) is 4.17. The molecule has 3 heterocycles. The van der Waals surface area contributed by atoms with E-state index in [1.807, 2.05) is 16.7 Å². The van der Waals surface area contributed by atoms with Crippen LogP contribution >= 0.6 is 23.2 Å². The average Bonchev–Trinajstić information content (AvgIpc) is 3.45. The van der Waals surface area contributed by atoms with Gasteiger partial charge in [0, 0.05) is 36.9 Å². The predicted octanol–water partition coefficient (Wildman–Crippen LogP) is 2.35. The highest BCUT2D eigenvalue weighted by atomic mass is 35.5. The number of carbonyl (C=O) groups excluding carboxylic acids is 2. The number of benzene rings is 1. The first-order chi connectivity index (χ1) is 15.4. The van der Waals surface area contributed by atoms with Crippen LogP contribution in [0.3, 0.4) is 0 Å². The largest absolute Gasteiger partial charge is 0.469 e. The van der Waals surface area contributed by atoms with Crippen LogP contribution < -0.4 is 10.2 Å². The van der Waals surface area contributed by atoms with Gasteiger partial charge in [0.05, 0.1) is 47.2 Å². The van der Waals surface area contributed by atoms with Gasteiger partial charge in [-0.15, -0.1) is 0 Å². The number of ether oxygens (including phenoxy) is 1. The molecule has 0 aliphatic carbocycles. The molecule has 0 spiro atoms. The molecule has 9 nitrogen and oxygen atoms in total. The Morgan fingerprint density at radius 2 is 2.16 bits per heavy atom. The minimum atomic E-state index is -0.892. The molecule has 0 unspecified atom stereocenters. The molecule has 1 fully saturated rings. The highest BCUT2D eigenvalue weighted by Gasteiger charge is 2.39. The zero-order chi connectivity index (χ0) is 22.8. The van der Waals surface area contributed by atoms with Crippen molar-refractivity contribution in [1.82, 2.24) is 19.9 Å². The van der Waals surface area contributed by atoms with E-state index in [1.165, 1.54) is 7.11 Å². The average molecular weight is 478 g/mol. The summed E-state index contributed by atoms with van der Waals surface area (Å²) in [4.78, 5) is 34.7. The zero-order valence-electron chi connectivity index (χ0n) is 17.2. The van der Waals surface area contributed by atoms with Gasteiger partial charge in [0.2, 0.25) is 5.91 Å². The maximum Gasteiger partial charge on any atom is 0.307 e. The van der Waals surface area contributed by atoms with Crippen molar-refractivity contribution in [3.8, 4) is 5.69 Å². The molecule has 1 aliphatic rings. The van der Waals surface area contributed by atoms with Gasteiger partial charge < -0.3 is 24.6 Å². The van der Waals surface area contributed by atoms with Crippen LogP contribution in [-0.4, -0.2) is 63.9 Å². The third-order valence-corrected chi connectivity index (χ3v) is 6.20. The first-order valence-electron chi connectivity index (χ1n) is 9.97. The summed E-state index contributed by atoms with van der Waals surface area (Å²) in [6, 6.07) is 4.48. The summed E-state index contributed by atoms with van der Waals surface area (Å²) in [6.45, 7) is 0.520. The molecule has 2 atom stereocenters. The molecule has 0 saturated carbocycles. The SMILES string of the molecule is COC(=O)CCNC(=O)[C@@H]1[C@@H](O)CCN1c1cc(-n2ccnc2)c2ccc(Cl)c(Cl)c2n1. The zero-order valence-corrected chi connectivity index (χ0v) is 18.7. The molecule has 2 N–H and O–H groups in total. The van der Waals surface area contributed by atoms with Gasteiger partial charge in [-0.3, -0.25) is 9.59 Å². The summed E-state index contributed by atoms with van der Waals surface area (Å²) in [5.74, 6) is -0.362. The van der Waals surface area contributed by atoms with E-state index < -0.39 is 24.0 Å². The Morgan fingerprint density at radius 3 is 2.88 bits per heavy atom.